The minimum absolute atomic E-state index is 0.00661. The molecule has 27 heavy (non-hydrogen) atoms. The molecule has 0 aromatic carbocycles. The van der Waals surface area contributed by atoms with Crippen molar-refractivity contribution in [2.45, 2.75) is 39.0 Å². The van der Waals surface area contributed by atoms with E-state index in [0.29, 0.717) is 0 Å². The SMILES string of the molecule is CC(C)COC1=C(S(C)(=O)=O)CC(OCC(C)C)(S(C)(=O)=O)C=C1C(=O)O. The first-order valence-corrected chi connectivity index (χ1v) is 12.2. The van der Waals surface area contributed by atoms with Gasteiger partial charge in [0.15, 0.2) is 24.6 Å². The van der Waals surface area contributed by atoms with Gasteiger partial charge in [-0.1, -0.05) is 27.7 Å². The fourth-order valence-electron chi connectivity index (χ4n) is 2.40. The molecule has 156 valence electrons. The molecule has 0 bridgehead atoms. The van der Waals surface area contributed by atoms with Crippen LogP contribution in [0.15, 0.2) is 22.3 Å². The summed E-state index contributed by atoms with van der Waals surface area (Å²) in [6, 6.07) is 0. The lowest BCUT2D eigenvalue weighted by Gasteiger charge is -2.35. The third kappa shape index (κ3) is 5.79. The van der Waals surface area contributed by atoms with Gasteiger partial charge in [-0.15, -0.1) is 0 Å². The minimum Gasteiger partial charge on any atom is -0.491 e. The van der Waals surface area contributed by atoms with Crippen molar-refractivity contribution in [2.75, 3.05) is 25.7 Å². The standard InChI is InChI=1S/C17H28O8S2/c1-11(2)9-24-15-13(16(18)19)7-17(27(6,22)23,25-10-12(3)4)8-14(15)26(5,20)21/h7,11-12H,8-10H2,1-6H3,(H,18,19). The quantitative estimate of drug-likeness (QED) is 0.593. The molecular formula is C17H28O8S2. The Morgan fingerprint density at radius 2 is 1.63 bits per heavy atom. The predicted octanol–water partition coefficient (Wildman–Crippen LogP) is 1.74. The predicted molar refractivity (Wildman–Crippen MR) is 101 cm³/mol. The maximum atomic E-state index is 12.5. The molecule has 0 amide bonds. The first-order chi connectivity index (χ1) is 12.1. The molecule has 0 heterocycles. The number of hydrogen-bond acceptors (Lipinski definition) is 7. The maximum Gasteiger partial charge on any atom is 0.339 e. The Kier molecular flexibility index (Phi) is 7.29. The Morgan fingerprint density at radius 1 is 1.11 bits per heavy atom. The summed E-state index contributed by atoms with van der Waals surface area (Å²) >= 11 is 0. The molecule has 1 rings (SSSR count). The number of hydrogen-bond donors (Lipinski definition) is 1. The number of carboxylic acids is 1. The molecule has 8 nitrogen and oxygen atoms in total. The van der Waals surface area contributed by atoms with Crippen molar-refractivity contribution in [3.63, 3.8) is 0 Å². The Hall–Kier alpha value is -1.39. The lowest BCUT2D eigenvalue weighted by atomic mass is 10.0. The van der Waals surface area contributed by atoms with Crippen LogP contribution in [0, 0.1) is 11.8 Å². The van der Waals surface area contributed by atoms with E-state index in [2.05, 4.69) is 0 Å². The zero-order chi connectivity index (χ0) is 21.2. The zero-order valence-corrected chi connectivity index (χ0v) is 18.1. The van der Waals surface area contributed by atoms with E-state index in [1.807, 2.05) is 13.8 Å². The van der Waals surface area contributed by atoms with E-state index < -0.39 is 47.5 Å². The minimum atomic E-state index is -4.01. The number of carbonyl (C=O) groups is 1. The molecule has 0 fully saturated rings. The van der Waals surface area contributed by atoms with Gasteiger partial charge in [-0.3, -0.25) is 0 Å². The molecule has 1 atom stereocenters. The van der Waals surface area contributed by atoms with Crippen molar-refractivity contribution in [2.24, 2.45) is 11.8 Å². The van der Waals surface area contributed by atoms with Crippen LogP contribution < -0.4 is 0 Å². The third-order valence-electron chi connectivity index (χ3n) is 3.80. The van der Waals surface area contributed by atoms with E-state index in [1.54, 1.807) is 13.8 Å². The smallest absolute Gasteiger partial charge is 0.339 e. The van der Waals surface area contributed by atoms with Gasteiger partial charge >= 0.3 is 5.97 Å². The van der Waals surface area contributed by atoms with Crippen molar-refractivity contribution < 1.29 is 36.2 Å². The summed E-state index contributed by atoms with van der Waals surface area (Å²) in [7, 11) is -7.97. The molecule has 0 saturated heterocycles. The molecule has 0 radical (unpaired) electrons. The van der Waals surface area contributed by atoms with Crippen molar-refractivity contribution in [3.8, 4) is 0 Å². The fraction of sp³-hybridized carbons (Fsp3) is 0.706. The second-order valence-electron chi connectivity index (χ2n) is 7.56. The lowest BCUT2D eigenvalue weighted by molar-refractivity contribution is -0.133. The molecular weight excluding hydrogens is 396 g/mol. The molecule has 1 aliphatic carbocycles. The topological polar surface area (TPSA) is 124 Å². The highest BCUT2D eigenvalue weighted by Gasteiger charge is 2.48. The van der Waals surface area contributed by atoms with E-state index in [4.69, 9.17) is 9.47 Å². The van der Waals surface area contributed by atoms with Crippen LogP contribution in [0.4, 0.5) is 0 Å². The second-order valence-corrected chi connectivity index (χ2v) is 11.8. The van der Waals surface area contributed by atoms with E-state index in [9.17, 15) is 26.7 Å². The molecule has 1 N–H and O–H groups in total. The van der Waals surface area contributed by atoms with Gasteiger partial charge in [0.1, 0.15) is 11.3 Å². The molecule has 0 spiro atoms. The number of carboxylic acid groups (broad SMARTS) is 1. The summed E-state index contributed by atoms with van der Waals surface area (Å²) in [6.45, 7) is 7.32. The second kappa shape index (κ2) is 8.32. The summed E-state index contributed by atoms with van der Waals surface area (Å²) < 4.78 is 60.8. The van der Waals surface area contributed by atoms with Gasteiger partial charge in [-0.05, 0) is 17.9 Å². The van der Waals surface area contributed by atoms with E-state index in [-0.39, 0.29) is 30.8 Å². The average Bonchev–Trinajstić information content (AvgIpc) is 2.48. The van der Waals surface area contributed by atoms with Gasteiger partial charge < -0.3 is 14.6 Å². The fourth-order valence-corrected chi connectivity index (χ4v) is 4.50. The summed E-state index contributed by atoms with van der Waals surface area (Å²) in [5.41, 5.74) is -0.531. The Balaban J connectivity index is 3.70. The Morgan fingerprint density at radius 3 is 2.00 bits per heavy atom. The first kappa shape index (κ1) is 23.6. The summed E-state index contributed by atoms with van der Waals surface area (Å²) in [5, 5.41) is 9.61. The van der Waals surface area contributed by atoms with Gasteiger partial charge in [0.25, 0.3) is 0 Å². The first-order valence-electron chi connectivity index (χ1n) is 8.47. The van der Waals surface area contributed by atoms with E-state index in [1.165, 1.54) is 0 Å². The van der Waals surface area contributed by atoms with Crippen molar-refractivity contribution in [3.05, 3.63) is 22.3 Å². The molecule has 0 aliphatic heterocycles. The van der Waals surface area contributed by atoms with Crippen LogP contribution in [0.5, 0.6) is 0 Å². The highest BCUT2D eigenvalue weighted by Crippen LogP contribution is 2.40. The largest absolute Gasteiger partial charge is 0.491 e. The summed E-state index contributed by atoms with van der Waals surface area (Å²) in [5.74, 6) is -1.86. The van der Waals surface area contributed by atoms with Crippen LogP contribution in [-0.4, -0.2) is 58.6 Å². The van der Waals surface area contributed by atoms with Crippen molar-refractivity contribution >= 4 is 25.6 Å². The molecule has 10 heteroatoms. The van der Waals surface area contributed by atoms with Gasteiger partial charge in [0.05, 0.1) is 18.1 Å². The van der Waals surface area contributed by atoms with Crippen LogP contribution in [0.3, 0.4) is 0 Å². The number of sulfone groups is 2. The van der Waals surface area contributed by atoms with Crippen LogP contribution >= 0.6 is 0 Å². The van der Waals surface area contributed by atoms with Gasteiger partial charge in [0.2, 0.25) is 0 Å². The highest BCUT2D eigenvalue weighted by molar-refractivity contribution is 7.95. The Bertz CT molecular complexity index is 847. The number of rotatable bonds is 9. The van der Waals surface area contributed by atoms with Crippen molar-refractivity contribution in [1.82, 2.24) is 0 Å². The normalized spacial score (nSPS) is 21.6. The zero-order valence-electron chi connectivity index (χ0n) is 16.5. The van der Waals surface area contributed by atoms with Crippen LogP contribution in [0.1, 0.15) is 34.1 Å². The Labute approximate surface area is 161 Å². The van der Waals surface area contributed by atoms with Gasteiger partial charge in [-0.2, -0.15) is 0 Å². The van der Waals surface area contributed by atoms with Gasteiger partial charge in [-0.25, -0.2) is 21.6 Å². The van der Waals surface area contributed by atoms with E-state index >= 15 is 0 Å². The molecule has 0 aromatic heterocycles. The summed E-state index contributed by atoms with van der Waals surface area (Å²) in [6.07, 6.45) is 2.20. The molecule has 1 aliphatic rings. The van der Waals surface area contributed by atoms with Crippen molar-refractivity contribution in [1.29, 1.82) is 0 Å². The van der Waals surface area contributed by atoms with Crippen LogP contribution in [0.25, 0.3) is 0 Å². The highest BCUT2D eigenvalue weighted by atomic mass is 32.2. The van der Waals surface area contributed by atoms with E-state index in [0.717, 1.165) is 18.6 Å². The monoisotopic (exact) mass is 424 g/mol. The molecule has 1 unspecified atom stereocenters. The van der Waals surface area contributed by atoms with Gasteiger partial charge in [0, 0.05) is 18.9 Å². The van der Waals surface area contributed by atoms with Crippen LogP contribution in [0.2, 0.25) is 0 Å². The third-order valence-corrected chi connectivity index (χ3v) is 6.66. The molecule has 0 saturated carbocycles. The maximum absolute atomic E-state index is 12.5. The van der Waals surface area contributed by atoms with Crippen LogP contribution in [-0.2, 0) is 33.9 Å². The number of aliphatic carboxylic acids is 1. The summed E-state index contributed by atoms with van der Waals surface area (Å²) in [4.78, 5) is 9.33. The average molecular weight is 425 g/mol. The lowest BCUT2D eigenvalue weighted by Crippen LogP contribution is -2.44. The molecule has 0 aromatic rings. The number of ether oxygens (including phenoxy) is 2.